The normalized spacial score (nSPS) is 16.9. The van der Waals surface area contributed by atoms with Gasteiger partial charge in [-0.25, -0.2) is 9.18 Å². The van der Waals surface area contributed by atoms with E-state index >= 15 is 0 Å². The van der Waals surface area contributed by atoms with Crippen molar-refractivity contribution in [2.24, 2.45) is 5.92 Å². The Kier molecular flexibility index (Phi) is 3.61. The van der Waals surface area contributed by atoms with Crippen molar-refractivity contribution in [1.29, 1.82) is 0 Å². The predicted molar refractivity (Wildman–Crippen MR) is 65.4 cm³/mol. The Labute approximate surface area is 101 Å². The molecule has 1 N–H and O–H groups in total. The molecule has 0 unspecified atom stereocenters. The molecule has 0 bridgehead atoms. The highest BCUT2D eigenvalue weighted by Crippen LogP contribution is 2.18. The molecule has 0 saturated carbocycles. The number of hydrogen-bond acceptors (Lipinski definition) is 1. The summed E-state index contributed by atoms with van der Waals surface area (Å²) in [5.74, 6) is 0.277. The molecule has 1 aromatic carbocycles. The Morgan fingerprint density at radius 3 is 2.65 bits per heavy atom. The van der Waals surface area contributed by atoms with Crippen LogP contribution in [0.1, 0.15) is 19.8 Å². The molecular formula is C13H17FN2O. The first kappa shape index (κ1) is 11.9. The minimum absolute atomic E-state index is 0.206. The number of piperidine rings is 1. The molecule has 92 valence electrons. The van der Waals surface area contributed by atoms with Crippen LogP contribution in [0.4, 0.5) is 14.9 Å². The molecule has 2 rings (SSSR count). The van der Waals surface area contributed by atoms with Crippen LogP contribution >= 0.6 is 0 Å². The quantitative estimate of drug-likeness (QED) is 0.798. The molecule has 1 aliphatic heterocycles. The van der Waals surface area contributed by atoms with Crippen LogP contribution in [0.15, 0.2) is 24.3 Å². The smallest absolute Gasteiger partial charge is 0.321 e. The van der Waals surface area contributed by atoms with Gasteiger partial charge in [-0.15, -0.1) is 0 Å². The molecule has 17 heavy (non-hydrogen) atoms. The molecule has 2 amide bonds. The summed E-state index contributed by atoms with van der Waals surface area (Å²) in [5.41, 5.74) is 0.246. The van der Waals surface area contributed by atoms with Crippen molar-refractivity contribution in [2.45, 2.75) is 19.8 Å². The number of hydrogen-bond donors (Lipinski definition) is 1. The summed E-state index contributed by atoms with van der Waals surface area (Å²) in [6.45, 7) is 3.69. The van der Waals surface area contributed by atoms with Gasteiger partial charge in [0.1, 0.15) is 5.82 Å². The van der Waals surface area contributed by atoms with E-state index < -0.39 is 5.82 Å². The van der Waals surface area contributed by atoms with Gasteiger partial charge in [0.05, 0.1) is 5.69 Å². The Balaban J connectivity index is 1.95. The van der Waals surface area contributed by atoms with Crippen molar-refractivity contribution < 1.29 is 9.18 Å². The summed E-state index contributed by atoms with van der Waals surface area (Å²) in [6, 6.07) is 6.01. The van der Waals surface area contributed by atoms with Crippen LogP contribution in [-0.2, 0) is 0 Å². The Hall–Kier alpha value is -1.58. The average Bonchev–Trinajstić information content (AvgIpc) is 2.33. The highest BCUT2D eigenvalue weighted by Gasteiger charge is 2.20. The third kappa shape index (κ3) is 2.96. The maximum Gasteiger partial charge on any atom is 0.321 e. The molecule has 0 aromatic heterocycles. The first-order valence-electron chi connectivity index (χ1n) is 5.97. The maximum absolute atomic E-state index is 13.3. The van der Waals surface area contributed by atoms with E-state index in [1.54, 1.807) is 23.1 Å². The zero-order valence-electron chi connectivity index (χ0n) is 9.95. The molecule has 1 fully saturated rings. The number of anilines is 1. The molecule has 1 aliphatic rings. The number of nitrogens with zero attached hydrogens (tertiary/aromatic N) is 1. The number of carbonyl (C=O) groups excluding carboxylic acids is 1. The standard InChI is InChI=1S/C13H17FN2O/c1-10-6-8-16(9-7-10)13(17)15-12-5-3-2-4-11(12)14/h2-5,10H,6-9H2,1H3,(H,15,17). The van der Waals surface area contributed by atoms with E-state index in [4.69, 9.17) is 0 Å². The highest BCUT2D eigenvalue weighted by molar-refractivity contribution is 5.89. The van der Waals surface area contributed by atoms with Gasteiger partial charge in [-0.2, -0.15) is 0 Å². The number of rotatable bonds is 1. The Morgan fingerprint density at radius 1 is 1.35 bits per heavy atom. The van der Waals surface area contributed by atoms with Gasteiger partial charge in [-0.1, -0.05) is 19.1 Å². The van der Waals surface area contributed by atoms with Crippen molar-refractivity contribution in [3.8, 4) is 0 Å². The number of halogens is 1. The second kappa shape index (κ2) is 5.17. The van der Waals surface area contributed by atoms with E-state index in [0.29, 0.717) is 5.92 Å². The van der Waals surface area contributed by atoms with Gasteiger partial charge in [-0.05, 0) is 30.9 Å². The first-order chi connectivity index (χ1) is 8.16. The van der Waals surface area contributed by atoms with Gasteiger partial charge in [0.15, 0.2) is 0 Å². The van der Waals surface area contributed by atoms with Gasteiger partial charge < -0.3 is 10.2 Å². The molecule has 4 heteroatoms. The van der Waals surface area contributed by atoms with E-state index in [-0.39, 0.29) is 11.7 Å². The van der Waals surface area contributed by atoms with E-state index in [0.717, 1.165) is 25.9 Å². The monoisotopic (exact) mass is 236 g/mol. The minimum atomic E-state index is -0.397. The fraction of sp³-hybridized carbons (Fsp3) is 0.462. The second-order valence-electron chi connectivity index (χ2n) is 4.58. The number of amides is 2. The van der Waals surface area contributed by atoms with Crippen LogP contribution < -0.4 is 5.32 Å². The van der Waals surface area contributed by atoms with Crippen molar-refractivity contribution in [3.63, 3.8) is 0 Å². The first-order valence-corrected chi connectivity index (χ1v) is 5.97. The molecular weight excluding hydrogens is 219 g/mol. The number of likely N-dealkylation sites (tertiary alicyclic amines) is 1. The van der Waals surface area contributed by atoms with E-state index in [1.807, 2.05) is 0 Å². The summed E-state index contributed by atoms with van der Waals surface area (Å²) in [5, 5.41) is 2.61. The molecule has 0 atom stereocenters. The van der Waals surface area contributed by atoms with Gasteiger partial charge >= 0.3 is 6.03 Å². The highest BCUT2D eigenvalue weighted by atomic mass is 19.1. The lowest BCUT2D eigenvalue weighted by molar-refractivity contribution is 0.186. The number of para-hydroxylation sites is 1. The lowest BCUT2D eigenvalue weighted by Crippen LogP contribution is -2.40. The fourth-order valence-corrected chi connectivity index (χ4v) is 1.97. The zero-order valence-corrected chi connectivity index (χ0v) is 9.95. The number of carbonyl (C=O) groups is 1. The number of benzene rings is 1. The summed E-state index contributed by atoms with van der Waals surface area (Å²) in [6.07, 6.45) is 2.04. The van der Waals surface area contributed by atoms with Crippen LogP contribution in [-0.4, -0.2) is 24.0 Å². The molecule has 0 aliphatic carbocycles. The number of nitrogens with one attached hydrogen (secondary N) is 1. The lowest BCUT2D eigenvalue weighted by Gasteiger charge is -2.30. The lowest BCUT2D eigenvalue weighted by atomic mass is 10.00. The third-order valence-corrected chi connectivity index (χ3v) is 3.19. The van der Waals surface area contributed by atoms with Crippen LogP contribution in [0.2, 0.25) is 0 Å². The Bertz CT molecular complexity index is 400. The van der Waals surface area contributed by atoms with E-state index in [2.05, 4.69) is 12.2 Å². The predicted octanol–water partition coefficient (Wildman–Crippen LogP) is 3.09. The van der Waals surface area contributed by atoms with Gasteiger partial charge in [0, 0.05) is 13.1 Å². The summed E-state index contributed by atoms with van der Waals surface area (Å²) >= 11 is 0. The van der Waals surface area contributed by atoms with Gasteiger partial charge in [0.2, 0.25) is 0 Å². The largest absolute Gasteiger partial charge is 0.325 e. The fourth-order valence-electron chi connectivity index (χ4n) is 1.97. The van der Waals surface area contributed by atoms with Crippen LogP contribution in [0.5, 0.6) is 0 Å². The van der Waals surface area contributed by atoms with Gasteiger partial charge in [-0.3, -0.25) is 0 Å². The van der Waals surface area contributed by atoms with Crippen LogP contribution in [0, 0.1) is 11.7 Å². The Morgan fingerprint density at radius 2 is 2.00 bits per heavy atom. The second-order valence-corrected chi connectivity index (χ2v) is 4.58. The third-order valence-electron chi connectivity index (χ3n) is 3.19. The zero-order chi connectivity index (χ0) is 12.3. The molecule has 0 radical (unpaired) electrons. The van der Waals surface area contributed by atoms with E-state index in [1.165, 1.54) is 6.07 Å². The van der Waals surface area contributed by atoms with Crippen molar-refractivity contribution in [3.05, 3.63) is 30.1 Å². The summed E-state index contributed by atoms with van der Waals surface area (Å²) < 4.78 is 13.3. The maximum atomic E-state index is 13.3. The molecule has 1 aromatic rings. The molecule has 1 saturated heterocycles. The van der Waals surface area contributed by atoms with Crippen molar-refractivity contribution >= 4 is 11.7 Å². The van der Waals surface area contributed by atoms with Crippen LogP contribution in [0.3, 0.4) is 0 Å². The van der Waals surface area contributed by atoms with Crippen molar-refractivity contribution in [1.82, 2.24) is 4.90 Å². The summed E-state index contributed by atoms with van der Waals surface area (Å²) in [4.78, 5) is 13.6. The van der Waals surface area contributed by atoms with Gasteiger partial charge in [0.25, 0.3) is 0 Å². The SMILES string of the molecule is CC1CCN(C(=O)Nc2ccccc2F)CC1. The molecule has 3 nitrogen and oxygen atoms in total. The topological polar surface area (TPSA) is 32.3 Å². The number of urea groups is 1. The summed E-state index contributed by atoms with van der Waals surface area (Å²) in [7, 11) is 0. The molecule has 0 spiro atoms. The average molecular weight is 236 g/mol. The van der Waals surface area contributed by atoms with Crippen molar-refractivity contribution in [2.75, 3.05) is 18.4 Å². The van der Waals surface area contributed by atoms with Crippen LogP contribution in [0.25, 0.3) is 0 Å². The van der Waals surface area contributed by atoms with E-state index in [9.17, 15) is 9.18 Å². The minimum Gasteiger partial charge on any atom is -0.325 e. The molecule has 1 heterocycles.